The Morgan fingerprint density at radius 3 is 2.73 bits per heavy atom. The summed E-state index contributed by atoms with van der Waals surface area (Å²) < 4.78 is 17.1. The molecule has 1 aliphatic rings. The molecular formula is C25H39N5O3. The topological polar surface area (TPSA) is 94.8 Å². The van der Waals surface area contributed by atoms with Crippen LogP contribution in [-0.4, -0.2) is 68.0 Å². The van der Waals surface area contributed by atoms with Crippen LogP contribution >= 0.6 is 0 Å². The summed E-state index contributed by atoms with van der Waals surface area (Å²) >= 11 is 0. The highest BCUT2D eigenvalue weighted by Crippen LogP contribution is 2.30. The van der Waals surface area contributed by atoms with Crippen LogP contribution in [0.25, 0.3) is 0 Å². The minimum absolute atomic E-state index is 0.294. The molecule has 3 N–H and O–H groups in total. The summed E-state index contributed by atoms with van der Waals surface area (Å²) in [6.07, 6.45) is 5.10. The van der Waals surface area contributed by atoms with Gasteiger partial charge in [0.2, 0.25) is 5.95 Å². The number of nitrogens with two attached hydrogens (primary N) is 1. The highest BCUT2D eigenvalue weighted by molar-refractivity contribution is 5.53. The third kappa shape index (κ3) is 7.75. The van der Waals surface area contributed by atoms with Gasteiger partial charge in [-0.3, -0.25) is 4.90 Å². The van der Waals surface area contributed by atoms with Crippen molar-refractivity contribution >= 4 is 11.8 Å². The van der Waals surface area contributed by atoms with Crippen molar-refractivity contribution in [1.82, 2.24) is 14.9 Å². The van der Waals surface area contributed by atoms with E-state index in [9.17, 15) is 0 Å². The number of nitrogen functional groups attached to an aromatic ring is 1. The molecule has 0 unspecified atom stereocenters. The molecule has 1 aliphatic heterocycles. The van der Waals surface area contributed by atoms with Gasteiger partial charge in [0.05, 0.1) is 26.9 Å². The fraction of sp³-hybridized carbons (Fsp3) is 0.600. The number of rotatable bonds is 13. The third-order valence-electron chi connectivity index (χ3n) is 5.92. The summed E-state index contributed by atoms with van der Waals surface area (Å²) in [6, 6.07) is 6.03. The quantitative estimate of drug-likeness (QED) is 0.440. The number of benzene rings is 1. The molecule has 33 heavy (non-hydrogen) atoms. The number of nitrogens with zero attached hydrogens (tertiary/aromatic N) is 3. The van der Waals surface area contributed by atoms with E-state index in [1.54, 1.807) is 7.11 Å². The Morgan fingerprint density at radius 1 is 1.15 bits per heavy atom. The molecule has 0 saturated carbocycles. The van der Waals surface area contributed by atoms with Crippen molar-refractivity contribution in [3.63, 3.8) is 0 Å². The number of aromatic nitrogens is 2. The summed E-state index contributed by atoms with van der Waals surface area (Å²) in [5, 5.41) is 3.45. The molecule has 1 aromatic heterocycles. The maximum Gasteiger partial charge on any atom is 0.222 e. The first-order valence-corrected chi connectivity index (χ1v) is 12.1. The number of methoxy groups -OCH3 is 1. The maximum absolute atomic E-state index is 5.99. The second-order valence-corrected chi connectivity index (χ2v) is 8.43. The molecule has 1 saturated heterocycles. The highest BCUT2D eigenvalue weighted by Gasteiger charge is 2.15. The van der Waals surface area contributed by atoms with E-state index in [0.717, 1.165) is 86.4 Å². The van der Waals surface area contributed by atoms with Gasteiger partial charge in [-0.25, -0.2) is 4.98 Å². The van der Waals surface area contributed by atoms with Crippen molar-refractivity contribution < 1.29 is 14.2 Å². The van der Waals surface area contributed by atoms with Gasteiger partial charge in [-0.15, -0.1) is 0 Å². The predicted octanol–water partition coefficient (Wildman–Crippen LogP) is 3.67. The van der Waals surface area contributed by atoms with Crippen LogP contribution in [0.3, 0.4) is 0 Å². The molecular weight excluding hydrogens is 418 g/mol. The number of nitrogens with one attached hydrogen (secondary N) is 1. The molecule has 2 heterocycles. The number of anilines is 2. The SMILES string of the molecule is CCCCCNc1nc(N)nc(C)c1Cc1ccc(OCCCN2CCOCC2)cc1OC. The summed E-state index contributed by atoms with van der Waals surface area (Å²) in [6.45, 7) is 10.4. The van der Waals surface area contributed by atoms with E-state index in [-0.39, 0.29) is 0 Å². The zero-order valence-corrected chi connectivity index (χ0v) is 20.4. The summed E-state index contributed by atoms with van der Waals surface area (Å²) in [5.41, 5.74) is 8.90. The first-order valence-electron chi connectivity index (χ1n) is 12.1. The monoisotopic (exact) mass is 457 g/mol. The van der Waals surface area contributed by atoms with Gasteiger partial charge in [0.1, 0.15) is 17.3 Å². The lowest BCUT2D eigenvalue weighted by molar-refractivity contribution is 0.0358. The van der Waals surface area contributed by atoms with Crippen molar-refractivity contribution in [3.8, 4) is 11.5 Å². The van der Waals surface area contributed by atoms with Crippen LogP contribution in [0.4, 0.5) is 11.8 Å². The minimum Gasteiger partial charge on any atom is -0.496 e. The fourth-order valence-electron chi connectivity index (χ4n) is 4.01. The van der Waals surface area contributed by atoms with Crippen LogP contribution in [0, 0.1) is 6.92 Å². The minimum atomic E-state index is 0.294. The molecule has 8 nitrogen and oxygen atoms in total. The Hall–Kier alpha value is -2.58. The number of hydrogen-bond acceptors (Lipinski definition) is 8. The first kappa shape index (κ1) is 25.1. The predicted molar refractivity (Wildman–Crippen MR) is 132 cm³/mol. The fourth-order valence-corrected chi connectivity index (χ4v) is 4.01. The number of aryl methyl sites for hydroxylation is 1. The van der Waals surface area contributed by atoms with E-state index in [1.165, 1.54) is 12.8 Å². The van der Waals surface area contributed by atoms with Gasteiger partial charge in [0, 0.05) is 49.9 Å². The maximum atomic E-state index is 5.99. The largest absolute Gasteiger partial charge is 0.496 e. The van der Waals surface area contributed by atoms with Crippen molar-refractivity contribution in [1.29, 1.82) is 0 Å². The molecule has 0 atom stereocenters. The molecule has 182 valence electrons. The van der Waals surface area contributed by atoms with Crippen LogP contribution in [0.2, 0.25) is 0 Å². The van der Waals surface area contributed by atoms with E-state index in [4.69, 9.17) is 19.9 Å². The van der Waals surface area contributed by atoms with E-state index in [1.807, 2.05) is 19.1 Å². The van der Waals surface area contributed by atoms with Crippen LogP contribution in [-0.2, 0) is 11.2 Å². The van der Waals surface area contributed by atoms with Crippen molar-refractivity contribution in [2.75, 3.05) is 64.2 Å². The van der Waals surface area contributed by atoms with E-state index in [0.29, 0.717) is 19.0 Å². The van der Waals surface area contributed by atoms with Gasteiger partial charge in [-0.1, -0.05) is 25.8 Å². The Balaban J connectivity index is 1.62. The van der Waals surface area contributed by atoms with Crippen molar-refractivity contribution in [3.05, 3.63) is 35.0 Å². The molecule has 0 bridgehead atoms. The number of morpholine rings is 1. The lowest BCUT2D eigenvalue weighted by Crippen LogP contribution is -2.37. The Morgan fingerprint density at radius 2 is 1.97 bits per heavy atom. The zero-order chi connectivity index (χ0) is 23.5. The molecule has 3 rings (SSSR count). The normalized spacial score (nSPS) is 14.3. The van der Waals surface area contributed by atoms with Crippen molar-refractivity contribution in [2.45, 2.75) is 46.0 Å². The van der Waals surface area contributed by atoms with Gasteiger partial charge >= 0.3 is 0 Å². The molecule has 1 fully saturated rings. The first-order chi connectivity index (χ1) is 16.1. The van der Waals surface area contributed by atoms with Gasteiger partial charge < -0.3 is 25.3 Å². The molecule has 0 amide bonds. The van der Waals surface area contributed by atoms with E-state index in [2.05, 4.69) is 33.2 Å². The Labute approximate surface area is 197 Å². The Kier molecular flexibility index (Phi) is 10.0. The van der Waals surface area contributed by atoms with Gasteiger partial charge in [0.25, 0.3) is 0 Å². The van der Waals surface area contributed by atoms with Crippen LogP contribution in [0.15, 0.2) is 18.2 Å². The number of ether oxygens (including phenoxy) is 3. The summed E-state index contributed by atoms with van der Waals surface area (Å²) in [4.78, 5) is 11.3. The lowest BCUT2D eigenvalue weighted by Gasteiger charge is -2.26. The third-order valence-corrected chi connectivity index (χ3v) is 5.92. The van der Waals surface area contributed by atoms with Crippen molar-refractivity contribution in [2.24, 2.45) is 0 Å². The number of unbranched alkanes of at least 4 members (excludes halogenated alkanes) is 2. The standard InChI is InChI=1S/C25H39N5O3/c1-4-5-6-10-27-24-22(19(2)28-25(26)29-24)17-20-8-9-21(18-23(20)31-3)33-14-7-11-30-12-15-32-16-13-30/h8-9,18H,4-7,10-17H2,1-3H3,(H3,26,27,28,29). The highest BCUT2D eigenvalue weighted by atomic mass is 16.5. The smallest absolute Gasteiger partial charge is 0.222 e. The summed E-state index contributed by atoms with van der Waals surface area (Å²) in [7, 11) is 1.69. The van der Waals surface area contributed by atoms with E-state index >= 15 is 0 Å². The van der Waals surface area contributed by atoms with E-state index < -0.39 is 0 Å². The summed E-state index contributed by atoms with van der Waals surface area (Å²) in [5.74, 6) is 2.72. The molecule has 2 aromatic rings. The second kappa shape index (κ2) is 13.2. The zero-order valence-electron chi connectivity index (χ0n) is 20.4. The Bertz CT molecular complexity index is 871. The van der Waals surface area contributed by atoms with Crippen LogP contribution in [0.5, 0.6) is 11.5 Å². The lowest BCUT2D eigenvalue weighted by atomic mass is 10.0. The molecule has 0 spiro atoms. The average Bonchev–Trinajstić information content (AvgIpc) is 2.82. The molecule has 0 radical (unpaired) electrons. The van der Waals surface area contributed by atoms with Crippen LogP contribution < -0.4 is 20.5 Å². The van der Waals surface area contributed by atoms with Gasteiger partial charge in [-0.2, -0.15) is 4.98 Å². The average molecular weight is 458 g/mol. The van der Waals surface area contributed by atoms with Gasteiger partial charge in [0.15, 0.2) is 0 Å². The molecule has 8 heteroatoms. The van der Waals surface area contributed by atoms with Gasteiger partial charge in [-0.05, 0) is 31.4 Å². The molecule has 1 aromatic carbocycles. The van der Waals surface area contributed by atoms with Crippen LogP contribution in [0.1, 0.15) is 49.4 Å². The number of hydrogen-bond donors (Lipinski definition) is 2. The molecule has 0 aliphatic carbocycles. The second-order valence-electron chi connectivity index (χ2n) is 8.43.